The molecule has 0 bridgehead atoms. The zero-order valence-electron chi connectivity index (χ0n) is 12.0. The molecule has 0 aliphatic heterocycles. The van der Waals surface area contributed by atoms with E-state index in [1.807, 2.05) is 41.2 Å². The molecular formula is C17H13F2N3O. The number of hydrogen-bond donors (Lipinski definition) is 2. The van der Waals surface area contributed by atoms with Gasteiger partial charge in [-0.2, -0.15) is 0 Å². The van der Waals surface area contributed by atoms with Gasteiger partial charge in [0.25, 0.3) is 0 Å². The number of amides is 2. The number of urea groups is 1. The van der Waals surface area contributed by atoms with Gasteiger partial charge in [-0.25, -0.2) is 13.6 Å². The van der Waals surface area contributed by atoms with Crippen LogP contribution in [0.25, 0.3) is 5.69 Å². The molecule has 0 saturated heterocycles. The Morgan fingerprint density at radius 2 is 1.43 bits per heavy atom. The third-order valence-corrected chi connectivity index (χ3v) is 3.23. The second-order valence-electron chi connectivity index (χ2n) is 4.81. The van der Waals surface area contributed by atoms with Crippen LogP contribution >= 0.6 is 0 Å². The summed E-state index contributed by atoms with van der Waals surface area (Å²) in [5, 5.41) is 4.69. The molecule has 0 radical (unpaired) electrons. The van der Waals surface area contributed by atoms with Gasteiger partial charge in [-0.05, 0) is 48.5 Å². The van der Waals surface area contributed by atoms with Crippen molar-refractivity contribution in [2.45, 2.75) is 0 Å². The minimum Gasteiger partial charge on any atom is -0.324 e. The molecule has 0 atom stereocenters. The highest BCUT2D eigenvalue weighted by Crippen LogP contribution is 2.19. The van der Waals surface area contributed by atoms with Crippen molar-refractivity contribution in [3.63, 3.8) is 0 Å². The van der Waals surface area contributed by atoms with Crippen LogP contribution in [0.1, 0.15) is 0 Å². The SMILES string of the molecule is O=C(Nc1ccc(-n2cccc2)cc1)Nc1c(F)cccc1F. The molecule has 0 aliphatic carbocycles. The average molecular weight is 313 g/mol. The predicted molar refractivity (Wildman–Crippen MR) is 84.8 cm³/mol. The number of halogens is 2. The normalized spacial score (nSPS) is 10.3. The monoisotopic (exact) mass is 313 g/mol. The summed E-state index contributed by atoms with van der Waals surface area (Å²) in [5.41, 5.74) is 0.963. The first-order valence-electron chi connectivity index (χ1n) is 6.89. The van der Waals surface area contributed by atoms with Crippen LogP contribution in [-0.2, 0) is 0 Å². The van der Waals surface area contributed by atoms with E-state index in [1.165, 1.54) is 6.07 Å². The van der Waals surface area contributed by atoms with Gasteiger partial charge < -0.3 is 15.2 Å². The molecule has 0 unspecified atom stereocenters. The van der Waals surface area contributed by atoms with Gasteiger partial charge in [-0.1, -0.05) is 6.07 Å². The van der Waals surface area contributed by atoms with E-state index in [0.717, 1.165) is 17.8 Å². The molecule has 0 aliphatic rings. The summed E-state index contributed by atoms with van der Waals surface area (Å²) in [7, 11) is 0. The number of anilines is 2. The van der Waals surface area contributed by atoms with Crippen LogP contribution in [0.4, 0.5) is 25.0 Å². The number of nitrogens with zero attached hydrogens (tertiary/aromatic N) is 1. The lowest BCUT2D eigenvalue weighted by atomic mass is 10.2. The second-order valence-corrected chi connectivity index (χ2v) is 4.81. The summed E-state index contributed by atoms with van der Waals surface area (Å²) in [5.74, 6) is -1.66. The summed E-state index contributed by atoms with van der Waals surface area (Å²) in [4.78, 5) is 11.8. The lowest BCUT2D eigenvalue weighted by molar-refractivity contribution is 0.262. The van der Waals surface area contributed by atoms with Gasteiger partial charge in [0, 0.05) is 23.8 Å². The summed E-state index contributed by atoms with van der Waals surface area (Å²) in [6, 6.07) is 13.5. The number of carbonyl (C=O) groups excluding carboxylic acids is 1. The van der Waals surface area contributed by atoms with E-state index in [4.69, 9.17) is 0 Å². The van der Waals surface area contributed by atoms with Gasteiger partial charge in [-0.3, -0.25) is 0 Å². The number of hydrogen-bond acceptors (Lipinski definition) is 1. The van der Waals surface area contributed by atoms with Gasteiger partial charge in [0.05, 0.1) is 0 Å². The molecule has 1 aromatic heterocycles. The first-order valence-corrected chi connectivity index (χ1v) is 6.89. The fourth-order valence-corrected chi connectivity index (χ4v) is 2.12. The first-order chi connectivity index (χ1) is 11.1. The van der Waals surface area contributed by atoms with Crippen molar-refractivity contribution in [2.75, 3.05) is 10.6 Å². The van der Waals surface area contributed by atoms with Gasteiger partial charge in [0.15, 0.2) is 0 Å². The van der Waals surface area contributed by atoms with Crippen LogP contribution in [0.15, 0.2) is 67.0 Å². The molecule has 6 heteroatoms. The van der Waals surface area contributed by atoms with Crippen molar-refractivity contribution in [3.05, 3.63) is 78.6 Å². The van der Waals surface area contributed by atoms with Gasteiger partial charge >= 0.3 is 6.03 Å². The summed E-state index contributed by atoms with van der Waals surface area (Å²) in [6.07, 6.45) is 3.80. The van der Waals surface area contributed by atoms with Crippen molar-refractivity contribution in [1.82, 2.24) is 4.57 Å². The largest absolute Gasteiger partial charge is 0.324 e. The quantitative estimate of drug-likeness (QED) is 0.739. The zero-order valence-corrected chi connectivity index (χ0v) is 12.0. The molecule has 0 saturated carbocycles. The molecule has 23 heavy (non-hydrogen) atoms. The van der Waals surface area contributed by atoms with Crippen molar-refractivity contribution in [3.8, 4) is 5.69 Å². The molecule has 4 nitrogen and oxygen atoms in total. The average Bonchev–Trinajstić information content (AvgIpc) is 3.06. The lowest BCUT2D eigenvalue weighted by Crippen LogP contribution is -2.20. The Labute approximate surface area is 131 Å². The van der Waals surface area contributed by atoms with E-state index >= 15 is 0 Å². The molecular weight excluding hydrogens is 300 g/mol. The number of aromatic nitrogens is 1. The van der Waals surface area contributed by atoms with E-state index < -0.39 is 23.4 Å². The highest BCUT2D eigenvalue weighted by molar-refractivity contribution is 5.99. The van der Waals surface area contributed by atoms with Crippen molar-refractivity contribution in [1.29, 1.82) is 0 Å². The van der Waals surface area contributed by atoms with E-state index in [0.29, 0.717) is 5.69 Å². The minimum atomic E-state index is -0.830. The van der Waals surface area contributed by atoms with Gasteiger partial charge in [-0.15, -0.1) is 0 Å². The van der Waals surface area contributed by atoms with Crippen LogP contribution in [0, 0.1) is 11.6 Å². The predicted octanol–water partition coefficient (Wildman–Crippen LogP) is 4.40. The standard InChI is InChI=1S/C17H13F2N3O/c18-14-4-3-5-15(19)16(14)21-17(23)20-12-6-8-13(9-7-12)22-10-1-2-11-22/h1-11H,(H2,20,21,23). The Bertz CT molecular complexity index is 794. The van der Waals surface area contributed by atoms with E-state index in [9.17, 15) is 13.6 Å². The maximum absolute atomic E-state index is 13.5. The molecule has 0 spiro atoms. The molecule has 2 aromatic carbocycles. The molecule has 3 aromatic rings. The number of carbonyl (C=O) groups is 1. The smallest absolute Gasteiger partial charge is 0.323 e. The highest BCUT2D eigenvalue weighted by atomic mass is 19.1. The molecule has 116 valence electrons. The second kappa shape index (κ2) is 6.31. The molecule has 2 N–H and O–H groups in total. The summed E-state index contributed by atoms with van der Waals surface area (Å²) < 4.78 is 28.9. The number of benzene rings is 2. The number of para-hydroxylation sites is 1. The molecule has 3 rings (SSSR count). The van der Waals surface area contributed by atoms with E-state index in [2.05, 4.69) is 10.6 Å². The Morgan fingerprint density at radius 1 is 0.826 bits per heavy atom. The highest BCUT2D eigenvalue weighted by Gasteiger charge is 2.11. The molecule has 0 fully saturated rings. The Hall–Kier alpha value is -3.15. The topological polar surface area (TPSA) is 46.1 Å². The van der Waals surface area contributed by atoms with Crippen LogP contribution in [0.3, 0.4) is 0 Å². The van der Waals surface area contributed by atoms with Crippen molar-refractivity contribution < 1.29 is 13.6 Å². The third-order valence-electron chi connectivity index (χ3n) is 3.23. The van der Waals surface area contributed by atoms with Crippen molar-refractivity contribution >= 4 is 17.4 Å². The molecule has 1 heterocycles. The first kappa shape index (κ1) is 14.8. The minimum absolute atomic E-state index is 0.478. The Morgan fingerprint density at radius 3 is 2.04 bits per heavy atom. The maximum Gasteiger partial charge on any atom is 0.323 e. The van der Waals surface area contributed by atoms with Crippen LogP contribution < -0.4 is 10.6 Å². The van der Waals surface area contributed by atoms with Crippen LogP contribution in [0.5, 0.6) is 0 Å². The fraction of sp³-hybridized carbons (Fsp3) is 0. The van der Waals surface area contributed by atoms with E-state index in [1.54, 1.807) is 12.1 Å². The lowest BCUT2D eigenvalue weighted by Gasteiger charge is -2.10. The fourth-order valence-electron chi connectivity index (χ4n) is 2.12. The summed E-state index contributed by atoms with van der Waals surface area (Å²) in [6.45, 7) is 0. The summed E-state index contributed by atoms with van der Waals surface area (Å²) >= 11 is 0. The zero-order chi connectivity index (χ0) is 16.2. The molecule has 2 amide bonds. The van der Waals surface area contributed by atoms with Crippen LogP contribution in [0.2, 0.25) is 0 Å². The Kier molecular flexibility index (Phi) is 4.05. The number of rotatable bonds is 3. The number of nitrogens with one attached hydrogen (secondary N) is 2. The maximum atomic E-state index is 13.5. The van der Waals surface area contributed by atoms with E-state index in [-0.39, 0.29) is 0 Å². The Balaban J connectivity index is 1.68. The van der Waals surface area contributed by atoms with Gasteiger partial charge in [0.2, 0.25) is 0 Å². The third kappa shape index (κ3) is 3.37. The van der Waals surface area contributed by atoms with Crippen LogP contribution in [-0.4, -0.2) is 10.6 Å². The van der Waals surface area contributed by atoms with Gasteiger partial charge in [0.1, 0.15) is 17.3 Å². The van der Waals surface area contributed by atoms with Crippen molar-refractivity contribution in [2.24, 2.45) is 0 Å².